The molecule has 3 aromatic heterocycles. The average molecular weight is 560 g/mol. The quantitative estimate of drug-likeness (QED) is 0.262. The van der Waals surface area contributed by atoms with Crippen molar-refractivity contribution in [2.45, 2.75) is 29.9 Å². The lowest BCUT2D eigenvalue weighted by Gasteiger charge is -2.34. The molecule has 12 heteroatoms. The van der Waals surface area contributed by atoms with Gasteiger partial charge in [0, 0.05) is 49.4 Å². The maximum atomic E-state index is 15.4. The molecule has 0 atom stereocenters. The second kappa shape index (κ2) is 10.2. The minimum Gasteiger partial charge on any atom is -0.420 e. The van der Waals surface area contributed by atoms with Gasteiger partial charge in [0.2, 0.25) is 17.2 Å². The molecule has 1 saturated heterocycles. The van der Waals surface area contributed by atoms with Crippen LogP contribution in [-0.2, 0) is 5.75 Å². The Morgan fingerprint density at radius 2 is 1.75 bits per heavy atom. The molecular weight excluding hydrogens is 533 g/mol. The second-order valence-corrected chi connectivity index (χ2v) is 11.1. The molecule has 1 saturated carbocycles. The Bertz CT molecular complexity index is 1740. The Morgan fingerprint density at radius 3 is 2.52 bits per heavy atom. The van der Waals surface area contributed by atoms with E-state index in [1.54, 1.807) is 6.20 Å². The van der Waals surface area contributed by atoms with Crippen molar-refractivity contribution in [3.05, 3.63) is 70.6 Å². The first-order valence-corrected chi connectivity index (χ1v) is 14.2. The number of likely N-dealkylation sites (N-methyl/N-ethyl adjacent to an activating group) is 1. The minimum absolute atomic E-state index is 0.0999. The van der Waals surface area contributed by atoms with E-state index in [1.807, 2.05) is 36.4 Å². The molecule has 1 aliphatic heterocycles. The molecule has 10 nitrogen and oxygen atoms in total. The fourth-order valence-corrected chi connectivity index (χ4v) is 5.57. The molecule has 0 radical (unpaired) electrons. The maximum absolute atomic E-state index is 15.4. The molecule has 204 valence electrons. The number of rotatable bonds is 7. The molecule has 0 unspecified atom stereocenters. The van der Waals surface area contributed by atoms with E-state index in [-0.39, 0.29) is 28.1 Å². The fourth-order valence-electron chi connectivity index (χ4n) is 4.97. The van der Waals surface area contributed by atoms with Crippen molar-refractivity contribution >= 4 is 28.4 Å². The van der Waals surface area contributed by atoms with Gasteiger partial charge in [-0.05, 0) is 44.2 Å². The summed E-state index contributed by atoms with van der Waals surface area (Å²) in [6.07, 6.45) is 3.78. The highest BCUT2D eigenvalue weighted by atomic mass is 32.2. The van der Waals surface area contributed by atoms with Gasteiger partial charge in [0.1, 0.15) is 11.4 Å². The average Bonchev–Trinajstić information content (AvgIpc) is 3.51. The number of benzene rings is 2. The first-order valence-electron chi connectivity index (χ1n) is 13.2. The number of hydrogen-bond acceptors (Lipinski definition) is 10. The molecule has 5 aromatic rings. The maximum Gasteiger partial charge on any atom is 0.277 e. The first kappa shape index (κ1) is 25.0. The van der Waals surface area contributed by atoms with Crippen molar-refractivity contribution in [2.24, 2.45) is 0 Å². The number of hydrogen-bond donors (Lipinski definition) is 0. The van der Waals surface area contributed by atoms with Gasteiger partial charge in [0.05, 0.1) is 17.0 Å². The standard InChI is InChI=1S/C28H26FN7O3S/c1-34-9-11-35(12-10-34)23-14-22-19(13-21(23)29)25(37)20(15-36(22)18-7-8-18)27-32-33-28(39-27)40-16-24-30-31-26(38-24)17-5-3-2-4-6-17/h2-6,13-15,18H,7-12,16H2,1H3. The Morgan fingerprint density at radius 1 is 0.975 bits per heavy atom. The van der Waals surface area contributed by atoms with Crippen molar-refractivity contribution in [3.8, 4) is 22.9 Å². The summed E-state index contributed by atoms with van der Waals surface area (Å²) in [5.74, 6) is 0.873. The van der Waals surface area contributed by atoms with E-state index in [0.717, 1.165) is 50.1 Å². The molecule has 2 aliphatic rings. The predicted molar refractivity (Wildman–Crippen MR) is 149 cm³/mol. The van der Waals surface area contributed by atoms with Gasteiger partial charge < -0.3 is 23.2 Å². The molecule has 2 fully saturated rings. The topological polar surface area (TPSA) is 106 Å². The zero-order chi connectivity index (χ0) is 27.2. The molecule has 40 heavy (non-hydrogen) atoms. The first-order chi connectivity index (χ1) is 19.5. The van der Waals surface area contributed by atoms with Crippen LogP contribution >= 0.6 is 11.8 Å². The van der Waals surface area contributed by atoms with Crippen molar-refractivity contribution in [1.29, 1.82) is 0 Å². The summed E-state index contributed by atoms with van der Waals surface area (Å²) < 4.78 is 29.0. The van der Waals surface area contributed by atoms with E-state index in [9.17, 15) is 4.79 Å². The molecule has 0 spiro atoms. The number of fused-ring (bicyclic) bond motifs is 1. The highest BCUT2D eigenvalue weighted by Gasteiger charge is 2.28. The largest absolute Gasteiger partial charge is 0.420 e. The van der Waals surface area contributed by atoms with Crippen LogP contribution in [0.4, 0.5) is 10.1 Å². The lowest BCUT2D eigenvalue weighted by atomic mass is 10.1. The Labute approximate surface area is 232 Å². The van der Waals surface area contributed by atoms with E-state index in [4.69, 9.17) is 8.83 Å². The third kappa shape index (κ3) is 4.77. The lowest BCUT2D eigenvalue weighted by Crippen LogP contribution is -2.44. The summed E-state index contributed by atoms with van der Waals surface area (Å²) in [7, 11) is 2.06. The van der Waals surface area contributed by atoms with Crippen LogP contribution in [0.15, 0.2) is 67.5 Å². The molecule has 7 rings (SSSR count). The van der Waals surface area contributed by atoms with Gasteiger partial charge in [0.15, 0.2) is 0 Å². The molecule has 2 aromatic carbocycles. The highest BCUT2D eigenvalue weighted by Crippen LogP contribution is 2.39. The van der Waals surface area contributed by atoms with Gasteiger partial charge in [-0.2, -0.15) is 0 Å². The van der Waals surface area contributed by atoms with Gasteiger partial charge in [0.25, 0.3) is 11.1 Å². The molecule has 1 aliphatic carbocycles. The molecule has 0 amide bonds. The summed E-state index contributed by atoms with van der Waals surface area (Å²) in [4.78, 5) is 17.8. The molecule has 0 bridgehead atoms. The highest BCUT2D eigenvalue weighted by molar-refractivity contribution is 7.98. The lowest BCUT2D eigenvalue weighted by molar-refractivity contribution is 0.312. The van der Waals surface area contributed by atoms with Crippen LogP contribution in [0.1, 0.15) is 24.8 Å². The van der Waals surface area contributed by atoms with Gasteiger partial charge >= 0.3 is 0 Å². The van der Waals surface area contributed by atoms with Gasteiger partial charge in [-0.1, -0.05) is 30.0 Å². The SMILES string of the molecule is CN1CCN(c2cc3c(cc2F)c(=O)c(-c2nnc(SCc4nnc(-c5ccccc5)o4)o2)cn3C2CC2)CC1. The predicted octanol–water partition coefficient (Wildman–Crippen LogP) is 4.62. The van der Waals surface area contributed by atoms with Crippen LogP contribution in [0.3, 0.4) is 0 Å². The van der Waals surface area contributed by atoms with Gasteiger partial charge in [-0.15, -0.1) is 20.4 Å². The third-order valence-corrected chi connectivity index (χ3v) is 8.13. The number of pyridine rings is 1. The van der Waals surface area contributed by atoms with Crippen molar-refractivity contribution in [1.82, 2.24) is 29.9 Å². The molecule has 4 heterocycles. The monoisotopic (exact) mass is 559 g/mol. The van der Waals surface area contributed by atoms with E-state index in [1.165, 1.54) is 17.8 Å². The van der Waals surface area contributed by atoms with Crippen LogP contribution in [0.25, 0.3) is 33.8 Å². The summed E-state index contributed by atoms with van der Waals surface area (Å²) in [6.45, 7) is 3.21. The Kier molecular flexibility index (Phi) is 6.35. The zero-order valence-electron chi connectivity index (χ0n) is 21.8. The van der Waals surface area contributed by atoms with Gasteiger partial charge in [-0.3, -0.25) is 4.79 Å². The van der Waals surface area contributed by atoms with E-state index in [2.05, 4.69) is 41.8 Å². The van der Waals surface area contributed by atoms with E-state index >= 15 is 4.39 Å². The van der Waals surface area contributed by atoms with Crippen LogP contribution in [0.5, 0.6) is 0 Å². The summed E-state index contributed by atoms with van der Waals surface area (Å²) in [5.41, 5.74) is 2.03. The Hall–Kier alpha value is -4.03. The number of anilines is 1. The number of nitrogens with zero attached hydrogens (tertiary/aromatic N) is 7. The number of piperazine rings is 1. The van der Waals surface area contributed by atoms with Gasteiger partial charge in [-0.25, -0.2) is 4.39 Å². The summed E-state index contributed by atoms with van der Waals surface area (Å²) >= 11 is 1.24. The fraction of sp³-hybridized carbons (Fsp3) is 0.321. The van der Waals surface area contributed by atoms with Crippen LogP contribution in [-0.4, -0.2) is 63.1 Å². The second-order valence-electron chi connectivity index (χ2n) is 10.2. The van der Waals surface area contributed by atoms with Crippen LogP contribution in [0.2, 0.25) is 0 Å². The normalized spacial score (nSPS) is 16.2. The van der Waals surface area contributed by atoms with E-state index in [0.29, 0.717) is 28.6 Å². The molecular formula is C28H26FN7O3S. The van der Waals surface area contributed by atoms with Crippen LogP contribution in [0, 0.1) is 5.82 Å². The third-order valence-electron chi connectivity index (χ3n) is 7.33. The number of thioether (sulfide) groups is 1. The van der Waals surface area contributed by atoms with Crippen molar-refractivity contribution in [3.63, 3.8) is 0 Å². The minimum atomic E-state index is -0.398. The summed E-state index contributed by atoms with van der Waals surface area (Å²) in [5, 5.41) is 17.0. The van der Waals surface area contributed by atoms with Crippen LogP contribution < -0.4 is 10.3 Å². The number of aromatic nitrogens is 5. The zero-order valence-corrected chi connectivity index (χ0v) is 22.6. The van der Waals surface area contributed by atoms with Crippen molar-refractivity contribution < 1.29 is 13.2 Å². The van der Waals surface area contributed by atoms with Crippen molar-refractivity contribution in [2.75, 3.05) is 38.1 Å². The summed E-state index contributed by atoms with van der Waals surface area (Å²) in [6, 6.07) is 12.9. The van der Waals surface area contributed by atoms with E-state index < -0.39 is 5.82 Å². The smallest absolute Gasteiger partial charge is 0.277 e. The Balaban J connectivity index is 1.16. The number of halogens is 1. The molecule has 0 N–H and O–H groups in total.